The Morgan fingerprint density at radius 2 is 1.50 bits per heavy atom. The second kappa shape index (κ2) is 8.12. The highest BCUT2D eigenvalue weighted by molar-refractivity contribution is 7.92. The van der Waals surface area contributed by atoms with Crippen LogP contribution in [-0.4, -0.2) is 18.4 Å². The largest absolute Gasteiger partial charge is 0.337 e. The third kappa shape index (κ3) is 4.26. The lowest BCUT2D eigenvalue weighted by Crippen LogP contribution is -2.16. The number of hydrogen-bond acceptors (Lipinski definition) is 5. The average molecular weight is 419 g/mol. The Kier molecular flexibility index (Phi) is 5.37. The summed E-state index contributed by atoms with van der Waals surface area (Å²) in [5, 5.41) is 3.22. The molecule has 0 saturated carbocycles. The number of aromatic nitrogens is 2. The van der Waals surface area contributed by atoms with E-state index in [9.17, 15) is 8.42 Å². The molecule has 7 heteroatoms. The first-order valence-electron chi connectivity index (χ1n) is 9.67. The summed E-state index contributed by atoms with van der Waals surface area (Å²) < 4.78 is 28.5. The van der Waals surface area contributed by atoms with E-state index < -0.39 is 10.0 Å². The molecule has 1 aromatic heterocycles. The molecule has 3 aromatic carbocycles. The first kappa shape index (κ1) is 19.8. The number of hydrogen-bond donors (Lipinski definition) is 2. The average Bonchev–Trinajstić information content (AvgIpc) is 2.74. The van der Waals surface area contributed by atoms with E-state index >= 15 is 0 Å². The van der Waals surface area contributed by atoms with E-state index in [0.29, 0.717) is 16.9 Å². The van der Waals surface area contributed by atoms with Gasteiger partial charge in [0, 0.05) is 5.69 Å². The van der Waals surface area contributed by atoms with E-state index in [1.807, 2.05) is 49.4 Å². The van der Waals surface area contributed by atoms with Gasteiger partial charge in [-0.15, -0.1) is 0 Å². The van der Waals surface area contributed by atoms with E-state index in [1.54, 1.807) is 30.3 Å². The summed E-state index contributed by atoms with van der Waals surface area (Å²) in [7, 11) is -3.82. The SMILES string of the molecule is CCc1cccc(Nc2nc3ccccc3nc2NS(=O)(=O)c2ccc(C)cc2)c1. The number of para-hydroxylation sites is 2. The van der Waals surface area contributed by atoms with Crippen LogP contribution >= 0.6 is 0 Å². The molecular weight excluding hydrogens is 396 g/mol. The molecule has 0 aliphatic heterocycles. The lowest BCUT2D eigenvalue weighted by molar-refractivity contribution is 0.601. The zero-order valence-corrected chi connectivity index (χ0v) is 17.6. The van der Waals surface area contributed by atoms with Crippen LogP contribution in [0.1, 0.15) is 18.1 Å². The Hall–Kier alpha value is -3.45. The predicted molar refractivity (Wildman–Crippen MR) is 121 cm³/mol. The van der Waals surface area contributed by atoms with Crippen molar-refractivity contribution in [2.24, 2.45) is 0 Å². The van der Waals surface area contributed by atoms with E-state index in [0.717, 1.165) is 23.2 Å². The van der Waals surface area contributed by atoms with Gasteiger partial charge in [0.05, 0.1) is 15.9 Å². The molecule has 0 radical (unpaired) electrons. The molecule has 0 aliphatic rings. The maximum absolute atomic E-state index is 12.9. The Labute approximate surface area is 176 Å². The van der Waals surface area contributed by atoms with Crippen molar-refractivity contribution in [1.29, 1.82) is 0 Å². The van der Waals surface area contributed by atoms with Gasteiger partial charge in [-0.25, -0.2) is 18.4 Å². The van der Waals surface area contributed by atoms with E-state index in [2.05, 4.69) is 26.9 Å². The van der Waals surface area contributed by atoms with Crippen molar-refractivity contribution >= 4 is 38.4 Å². The Bertz CT molecular complexity index is 1300. The number of aryl methyl sites for hydroxylation is 2. The summed E-state index contributed by atoms with van der Waals surface area (Å²) in [4.78, 5) is 9.31. The number of benzene rings is 3. The van der Waals surface area contributed by atoms with Gasteiger partial charge in [-0.2, -0.15) is 0 Å². The molecule has 6 nitrogen and oxygen atoms in total. The van der Waals surface area contributed by atoms with Gasteiger partial charge in [-0.05, 0) is 55.3 Å². The quantitative estimate of drug-likeness (QED) is 0.458. The Morgan fingerprint density at radius 1 is 0.833 bits per heavy atom. The van der Waals surface area contributed by atoms with Crippen molar-refractivity contribution in [1.82, 2.24) is 9.97 Å². The van der Waals surface area contributed by atoms with Gasteiger partial charge in [-0.1, -0.05) is 48.9 Å². The molecule has 0 bridgehead atoms. The third-order valence-corrected chi connectivity index (χ3v) is 6.09. The van der Waals surface area contributed by atoms with Gasteiger partial charge in [0.15, 0.2) is 11.6 Å². The van der Waals surface area contributed by atoms with Crippen LogP contribution in [0.4, 0.5) is 17.3 Å². The van der Waals surface area contributed by atoms with Crippen LogP contribution in [0.15, 0.2) is 77.7 Å². The van der Waals surface area contributed by atoms with E-state index in [1.165, 1.54) is 0 Å². The molecule has 0 atom stereocenters. The molecule has 0 spiro atoms. The Morgan fingerprint density at radius 3 is 2.17 bits per heavy atom. The molecule has 0 unspecified atom stereocenters. The number of anilines is 3. The highest BCUT2D eigenvalue weighted by Crippen LogP contribution is 2.27. The molecule has 152 valence electrons. The standard InChI is InChI=1S/C23H22N4O2S/c1-3-17-7-6-8-18(15-17)24-22-23(26-21-10-5-4-9-20(21)25-22)27-30(28,29)19-13-11-16(2)12-14-19/h4-15H,3H2,1-2H3,(H,24,25)(H,26,27). The zero-order valence-electron chi connectivity index (χ0n) is 16.8. The minimum atomic E-state index is -3.82. The van der Waals surface area contributed by atoms with Crippen molar-refractivity contribution in [3.8, 4) is 0 Å². The number of nitrogens with zero attached hydrogens (tertiary/aromatic N) is 2. The second-order valence-electron chi connectivity index (χ2n) is 7.01. The number of nitrogens with one attached hydrogen (secondary N) is 2. The fourth-order valence-electron chi connectivity index (χ4n) is 3.07. The van der Waals surface area contributed by atoms with Gasteiger partial charge >= 0.3 is 0 Å². The molecule has 2 N–H and O–H groups in total. The summed E-state index contributed by atoms with van der Waals surface area (Å²) in [5.41, 5.74) is 4.24. The van der Waals surface area contributed by atoms with Crippen LogP contribution in [-0.2, 0) is 16.4 Å². The molecule has 30 heavy (non-hydrogen) atoms. The third-order valence-electron chi connectivity index (χ3n) is 4.73. The molecule has 1 heterocycles. The van der Waals surface area contributed by atoms with Crippen LogP contribution in [0.2, 0.25) is 0 Å². The molecule has 4 aromatic rings. The van der Waals surface area contributed by atoms with Crippen LogP contribution in [0.5, 0.6) is 0 Å². The minimum Gasteiger partial charge on any atom is -0.337 e. The van der Waals surface area contributed by atoms with E-state index in [-0.39, 0.29) is 10.7 Å². The topological polar surface area (TPSA) is 84.0 Å². The van der Waals surface area contributed by atoms with Crippen molar-refractivity contribution in [2.45, 2.75) is 25.2 Å². The summed E-state index contributed by atoms with van der Waals surface area (Å²) in [6.45, 7) is 3.99. The van der Waals surface area contributed by atoms with Gasteiger partial charge in [0.1, 0.15) is 0 Å². The summed E-state index contributed by atoms with van der Waals surface area (Å²) >= 11 is 0. The van der Waals surface area contributed by atoms with Crippen molar-refractivity contribution < 1.29 is 8.42 Å². The van der Waals surface area contributed by atoms with Crippen molar-refractivity contribution in [2.75, 3.05) is 10.0 Å². The van der Waals surface area contributed by atoms with Crippen LogP contribution in [0, 0.1) is 6.92 Å². The smallest absolute Gasteiger partial charge is 0.263 e. The monoisotopic (exact) mass is 418 g/mol. The lowest BCUT2D eigenvalue weighted by atomic mass is 10.1. The second-order valence-corrected chi connectivity index (χ2v) is 8.69. The maximum atomic E-state index is 12.9. The van der Waals surface area contributed by atoms with Gasteiger partial charge in [0.25, 0.3) is 10.0 Å². The summed E-state index contributed by atoms with van der Waals surface area (Å²) in [6.07, 6.45) is 0.895. The molecule has 4 rings (SSSR count). The molecule has 0 saturated heterocycles. The Balaban J connectivity index is 1.77. The highest BCUT2D eigenvalue weighted by atomic mass is 32.2. The van der Waals surface area contributed by atoms with Crippen LogP contribution < -0.4 is 10.0 Å². The summed E-state index contributed by atoms with van der Waals surface area (Å²) in [6, 6.07) is 21.9. The van der Waals surface area contributed by atoms with Gasteiger partial charge < -0.3 is 5.32 Å². The number of fused-ring (bicyclic) bond motifs is 1. The summed E-state index contributed by atoms with van der Waals surface area (Å²) in [5.74, 6) is 0.494. The first-order valence-corrected chi connectivity index (χ1v) is 11.1. The molecule has 0 amide bonds. The number of rotatable bonds is 6. The first-order chi connectivity index (χ1) is 14.4. The zero-order chi connectivity index (χ0) is 21.1. The minimum absolute atomic E-state index is 0.149. The van der Waals surface area contributed by atoms with Crippen LogP contribution in [0.25, 0.3) is 11.0 Å². The normalized spacial score (nSPS) is 11.4. The molecule has 0 fully saturated rings. The predicted octanol–water partition coefficient (Wildman–Crippen LogP) is 5.05. The fourth-order valence-corrected chi connectivity index (χ4v) is 4.08. The number of sulfonamides is 1. The van der Waals surface area contributed by atoms with Crippen molar-refractivity contribution in [3.63, 3.8) is 0 Å². The van der Waals surface area contributed by atoms with E-state index in [4.69, 9.17) is 0 Å². The van der Waals surface area contributed by atoms with Gasteiger partial charge in [0.2, 0.25) is 0 Å². The highest BCUT2D eigenvalue weighted by Gasteiger charge is 2.19. The fraction of sp³-hybridized carbons (Fsp3) is 0.130. The van der Waals surface area contributed by atoms with Crippen LogP contribution in [0.3, 0.4) is 0 Å². The molecular formula is C23H22N4O2S. The van der Waals surface area contributed by atoms with Gasteiger partial charge in [-0.3, -0.25) is 4.72 Å². The van der Waals surface area contributed by atoms with Crippen molar-refractivity contribution in [3.05, 3.63) is 83.9 Å². The lowest BCUT2D eigenvalue weighted by Gasteiger charge is -2.14. The maximum Gasteiger partial charge on any atom is 0.263 e. The molecule has 0 aliphatic carbocycles.